The molecule has 0 amide bonds. The number of rotatable bonds is 1. The van der Waals surface area contributed by atoms with Gasteiger partial charge in [-0.05, 0) is 29.8 Å². The number of nitrogens with zero attached hydrogens (tertiary/aromatic N) is 1. The van der Waals surface area contributed by atoms with E-state index in [9.17, 15) is 0 Å². The maximum atomic E-state index is 3.52. The molecule has 1 nitrogen and oxygen atoms in total. The average Bonchev–Trinajstić information content (AvgIpc) is 2.68. The Kier molecular flexibility index (Phi) is 2.52. The van der Waals surface area contributed by atoms with Crippen LogP contribution in [-0.4, -0.2) is 4.57 Å². The van der Waals surface area contributed by atoms with E-state index in [0.717, 1.165) is 4.47 Å². The van der Waals surface area contributed by atoms with Gasteiger partial charge in [-0.1, -0.05) is 46.3 Å². The molecule has 0 fully saturated rings. The molecule has 0 aliphatic heterocycles. The Balaban J connectivity index is 2.27. The summed E-state index contributed by atoms with van der Waals surface area (Å²) in [6.07, 6.45) is 0. The van der Waals surface area contributed by atoms with E-state index >= 15 is 0 Å². The Morgan fingerprint density at radius 1 is 0.941 bits per heavy atom. The minimum atomic E-state index is 1.11. The highest BCUT2D eigenvalue weighted by molar-refractivity contribution is 9.10. The van der Waals surface area contributed by atoms with Crippen molar-refractivity contribution in [3.05, 3.63) is 59.1 Å². The summed E-state index contributed by atoms with van der Waals surface area (Å²) in [5.41, 5.74) is 3.74. The lowest BCUT2D eigenvalue weighted by atomic mass is 10.1. The van der Waals surface area contributed by atoms with Gasteiger partial charge in [-0.3, -0.25) is 0 Å². The fourth-order valence-corrected chi connectivity index (χ4v) is 2.61. The van der Waals surface area contributed by atoms with Gasteiger partial charge < -0.3 is 4.57 Å². The summed E-state index contributed by atoms with van der Waals surface area (Å²) in [7, 11) is 2.11. The van der Waals surface area contributed by atoms with Crippen LogP contribution in [-0.2, 0) is 7.05 Å². The maximum Gasteiger partial charge on any atom is 0.0489 e. The predicted molar refractivity (Wildman–Crippen MR) is 76.1 cm³/mol. The molecule has 1 aromatic heterocycles. The molecular weight excluding hydrogens is 274 g/mol. The Morgan fingerprint density at radius 3 is 2.53 bits per heavy atom. The topological polar surface area (TPSA) is 4.93 Å². The molecule has 0 saturated carbocycles. The smallest absolute Gasteiger partial charge is 0.0489 e. The number of aromatic nitrogens is 1. The molecule has 3 aromatic rings. The molecule has 3 rings (SSSR count). The molecule has 0 unspecified atom stereocenters. The molecule has 17 heavy (non-hydrogen) atoms. The van der Waals surface area contributed by atoms with Crippen LogP contribution in [0.3, 0.4) is 0 Å². The molecule has 1 heterocycles. The van der Waals surface area contributed by atoms with E-state index in [0.29, 0.717) is 0 Å². The second-order valence-electron chi connectivity index (χ2n) is 4.16. The SMILES string of the molecule is Cn1c(-c2cccc(Br)c2)cc2ccccc21. The van der Waals surface area contributed by atoms with Gasteiger partial charge in [0.1, 0.15) is 0 Å². The Hall–Kier alpha value is -1.54. The van der Waals surface area contributed by atoms with Gasteiger partial charge in [0.2, 0.25) is 0 Å². The normalized spacial score (nSPS) is 10.9. The first kappa shape index (κ1) is 10.6. The molecule has 2 heteroatoms. The zero-order valence-corrected chi connectivity index (χ0v) is 11.1. The quantitative estimate of drug-likeness (QED) is 0.615. The van der Waals surface area contributed by atoms with Crippen LogP contribution >= 0.6 is 15.9 Å². The van der Waals surface area contributed by atoms with Gasteiger partial charge in [0.25, 0.3) is 0 Å². The van der Waals surface area contributed by atoms with Crippen molar-refractivity contribution < 1.29 is 0 Å². The molecule has 0 bridgehead atoms. The first-order valence-electron chi connectivity index (χ1n) is 5.56. The summed E-state index contributed by atoms with van der Waals surface area (Å²) in [6.45, 7) is 0. The number of fused-ring (bicyclic) bond motifs is 1. The zero-order valence-electron chi connectivity index (χ0n) is 9.52. The van der Waals surface area contributed by atoms with Crippen molar-refractivity contribution in [1.82, 2.24) is 4.57 Å². The van der Waals surface area contributed by atoms with E-state index in [-0.39, 0.29) is 0 Å². The average molecular weight is 286 g/mol. The van der Waals surface area contributed by atoms with E-state index in [2.05, 4.69) is 76.1 Å². The van der Waals surface area contributed by atoms with Crippen LogP contribution < -0.4 is 0 Å². The molecule has 2 aromatic carbocycles. The third-order valence-corrected chi connectivity index (χ3v) is 3.57. The van der Waals surface area contributed by atoms with E-state index in [1.165, 1.54) is 22.2 Å². The summed E-state index contributed by atoms with van der Waals surface area (Å²) in [5, 5.41) is 1.28. The van der Waals surface area contributed by atoms with Crippen molar-refractivity contribution in [3.63, 3.8) is 0 Å². The lowest BCUT2D eigenvalue weighted by molar-refractivity contribution is 0.978. The molecule has 0 aliphatic carbocycles. The molecule has 84 valence electrons. The number of aryl methyl sites for hydroxylation is 1. The van der Waals surface area contributed by atoms with Crippen molar-refractivity contribution in [2.24, 2.45) is 7.05 Å². The minimum Gasteiger partial charge on any atom is -0.344 e. The lowest BCUT2D eigenvalue weighted by Gasteiger charge is -2.04. The summed E-state index contributed by atoms with van der Waals surface area (Å²) in [6, 6.07) is 19.1. The minimum absolute atomic E-state index is 1.11. The largest absolute Gasteiger partial charge is 0.344 e. The van der Waals surface area contributed by atoms with Crippen molar-refractivity contribution in [2.45, 2.75) is 0 Å². The third kappa shape index (κ3) is 1.79. The highest BCUT2D eigenvalue weighted by Gasteiger charge is 2.07. The van der Waals surface area contributed by atoms with Gasteiger partial charge in [-0.2, -0.15) is 0 Å². The molecule has 0 N–H and O–H groups in total. The van der Waals surface area contributed by atoms with Crippen LogP contribution in [0.4, 0.5) is 0 Å². The van der Waals surface area contributed by atoms with Gasteiger partial charge >= 0.3 is 0 Å². The molecule has 0 aliphatic rings. The Morgan fingerprint density at radius 2 is 1.76 bits per heavy atom. The standard InChI is InChI=1S/C15H12BrN/c1-17-14-8-3-2-5-12(14)10-15(17)11-6-4-7-13(16)9-11/h2-10H,1H3. The predicted octanol–water partition coefficient (Wildman–Crippen LogP) is 4.61. The molecular formula is C15H12BrN. The number of para-hydroxylation sites is 1. The lowest BCUT2D eigenvalue weighted by Crippen LogP contribution is -1.90. The number of hydrogen-bond acceptors (Lipinski definition) is 0. The second kappa shape index (κ2) is 4.04. The molecule has 0 saturated heterocycles. The summed E-state index contributed by atoms with van der Waals surface area (Å²) in [5.74, 6) is 0. The molecule has 0 radical (unpaired) electrons. The molecule has 0 atom stereocenters. The Labute approximate surface area is 109 Å². The summed E-state index contributed by atoms with van der Waals surface area (Å²) >= 11 is 3.52. The van der Waals surface area contributed by atoms with Crippen LogP contribution in [0.2, 0.25) is 0 Å². The first-order valence-corrected chi connectivity index (χ1v) is 6.35. The molecule has 0 spiro atoms. The number of halogens is 1. The number of benzene rings is 2. The number of hydrogen-bond donors (Lipinski definition) is 0. The van der Waals surface area contributed by atoms with Gasteiger partial charge in [0.15, 0.2) is 0 Å². The third-order valence-electron chi connectivity index (χ3n) is 3.07. The van der Waals surface area contributed by atoms with Crippen LogP contribution in [0, 0.1) is 0 Å². The van der Waals surface area contributed by atoms with E-state index in [1.807, 2.05) is 6.07 Å². The first-order chi connectivity index (χ1) is 8.25. The van der Waals surface area contributed by atoms with Crippen LogP contribution in [0.25, 0.3) is 22.2 Å². The van der Waals surface area contributed by atoms with Gasteiger partial charge in [0.05, 0.1) is 0 Å². The van der Waals surface area contributed by atoms with Gasteiger partial charge in [-0.25, -0.2) is 0 Å². The van der Waals surface area contributed by atoms with Crippen LogP contribution in [0.1, 0.15) is 0 Å². The van der Waals surface area contributed by atoms with E-state index < -0.39 is 0 Å². The fourth-order valence-electron chi connectivity index (χ4n) is 2.21. The maximum absolute atomic E-state index is 3.52. The summed E-state index contributed by atoms with van der Waals surface area (Å²) in [4.78, 5) is 0. The monoisotopic (exact) mass is 285 g/mol. The second-order valence-corrected chi connectivity index (χ2v) is 5.07. The van der Waals surface area contributed by atoms with Crippen LogP contribution in [0.15, 0.2) is 59.1 Å². The van der Waals surface area contributed by atoms with Crippen molar-refractivity contribution in [1.29, 1.82) is 0 Å². The van der Waals surface area contributed by atoms with E-state index in [4.69, 9.17) is 0 Å². The van der Waals surface area contributed by atoms with Gasteiger partial charge in [0, 0.05) is 28.1 Å². The van der Waals surface area contributed by atoms with Crippen molar-refractivity contribution in [3.8, 4) is 11.3 Å². The summed E-state index contributed by atoms with van der Waals surface area (Å²) < 4.78 is 3.34. The van der Waals surface area contributed by atoms with Crippen LogP contribution in [0.5, 0.6) is 0 Å². The fraction of sp³-hybridized carbons (Fsp3) is 0.0667. The van der Waals surface area contributed by atoms with Gasteiger partial charge in [-0.15, -0.1) is 0 Å². The van der Waals surface area contributed by atoms with Crippen molar-refractivity contribution >= 4 is 26.8 Å². The highest BCUT2D eigenvalue weighted by Crippen LogP contribution is 2.28. The Bertz CT molecular complexity index is 682. The van der Waals surface area contributed by atoms with Crippen molar-refractivity contribution in [2.75, 3.05) is 0 Å². The van der Waals surface area contributed by atoms with E-state index in [1.54, 1.807) is 0 Å². The highest BCUT2D eigenvalue weighted by atomic mass is 79.9. The zero-order chi connectivity index (χ0) is 11.8.